The molecule has 0 N–H and O–H groups in total. The van der Waals surface area contributed by atoms with Gasteiger partial charge >= 0.3 is 5.97 Å². The van der Waals surface area contributed by atoms with Crippen molar-refractivity contribution in [1.82, 2.24) is 0 Å². The third-order valence-electron chi connectivity index (χ3n) is 2.94. The van der Waals surface area contributed by atoms with Crippen LogP contribution in [0.3, 0.4) is 0 Å². The summed E-state index contributed by atoms with van der Waals surface area (Å²) in [7, 11) is 0. The van der Waals surface area contributed by atoms with E-state index in [1.165, 1.54) is 0 Å². The van der Waals surface area contributed by atoms with Crippen LogP contribution < -0.4 is 0 Å². The van der Waals surface area contributed by atoms with Crippen molar-refractivity contribution in [1.29, 1.82) is 0 Å². The number of carbonyl (C=O) groups excluding carboxylic acids is 1. The second kappa shape index (κ2) is 5.08. The molecule has 0 unspecified atom stereocenters. The minimum atomic E-state index is -0.403. The molecule has 0 atom stereocenters. The molecule has 2 rings (SSSR count). The first-order valence-electron chi connectivity index (χ1n) is 5.97. The lowest BCUT2D eigenvalue weighted by Crippen LogP contribution is -2.04. The number of hydrogen-bond acceptors (Lipinski definition) is 3. The molecule has 2 aromatic rings. The van der Waals surface area contributed by atoms with E-state index in [2.05, 4.69) is 0 Å². The molecule has 0 spiro atoms. The van der Waals surface area contributed by atoms with E-state index >= 15 is 0 Å². The predicted molar refractivity (Wildman–Crippen MR) is 69.6 cm³/mol. The molecule has 0 amide bonds. The zero-order chi connectivity index (χ0) is 13.1. The van der Waals surface area contributed by atoms with Crippen LogP contribution in [-0.4, -0.2) is 12.6 Å². The summed E-state index contributed by atoms with van der Waals surface area (Å²) in [5, 5.41) is 0. The van der Waals surface area contributed by atoms with E-state index in [0.29, 0.717) is 12.4 Å². The Morgan fingerprint density at radius 1 is 1.17 bits per heavy atom. The fourth-order valence-electron chi connectivity index (χ4n) is 1.85. The first-order valence-corrected chi connectivity index (χ1v) is 5.97. The largest absolute Gasteiger partial charge is 0.460 e. The molecule has 0 saturated carbocycles. The number of carbonyl (C=O) groups is 1. The minimum absolute atomic E-state index is 0.299. The predicted octanol–water partition coefficient (Wildman–Crippen LogP) is 3.74. The highest BCUT2D eigenvalue weighted by atomic mass is 16.5. The molecule has 1 aromatic heterocycles. The number of ether oxygens (including phenoxy) is 1. The second-order valence-electron chi connectivity index (χ2n) is 4.10. The Kier molecular flexibility index (Phi) is 3.51. The normalized spacial score (nSPS) is 10.4. The van der Waals surface area contributed by atoms with E-state index in [0.717, 1.165) is 22.5 Å². The van der Waals surface area contributed by atoms with Gasteiger partial charge in [0.25, 0.3) is 0 Å². The molecule has 94 valence electrons. The Morgan fingerprint density at radius 2 is 1.83 bits per heavy atom. The molecule has 0 radical (unpaired) electrons. The molecule has 0 bridgehead atoms. The Bertz CT molecular complexity index is 553. The minimum Gasteiger partial charge on any atom is -0.460 e. The fraction of sp³-hybridized carbons (Fsp3) is 0.267. The van der Waals surface area contributed by atoms with Crippen molar-refractivity contribution in [2.75, 3.05) is 6.61 Å². The van der Waals surface area contributed by atoms with E-state index in [4.69, 9.17) is 9.15 Å². The van der Waals surface area contributed by atoms with Gasteiger partial charge < -0.3 is 9.15 Å². The third kappa shape index (κ3) is 2.16. The van der Waals surface area contributed by atoms with Gasteiger partial charge in [-0.2, -0.15) is 0 Å². The van der Waals surface area contributed by atoms with Crippen LogP contribution in [-0.2, 0) is 4.74 Å². The van der Waals surface area contributed by atoms with Crippen LogP contribution in [0.2, 0.25) is 0 Å². The maximum Gasteiger partial charge on any atom is 0.374 e. The van der Waals surface area contributed by atoms with Crippen molar-refractivity contribution < 1.29 is 13.9 Å². The molecular weight excluding hydrogens is 228 g/mol. The van der Waals surface area contributed by atoms with Gasteiger partial charge in [-0.05, 0) is 26.3 Å². The summed E-state index contributed by atoms with van der Waals surface area (Å²) in [6.07, 6.45) is 0. The monoisotopic (exact) mass is 244 g/mol. The Labute approximate surface area is 106 Å². The smallest absolute Gasteiger partial charge is 0.374 e. The summed E-state index contributed by atoms with van der Waals surface area (Å²) < 4.78 is 10.7. The molecular formula is C15H16O3. The molecule has 3 nitrogen and oxygen atoms in total. The highest BCUT2D eigenvalue weighted by molar-refractivity contribution is 5.89. The zero-order valence-electron chi connectivity index (χ0n) is 10.8. The van der Waals surface area contributed by atoms with Gasteiger partial charge in [-0.3, -0.25) is 0 Å². The quantitative estimate of drug-likeness (QED) is 0.772. The standard InChI is InChI=1S/C15H16O3/c1-4-17-15(16)14-11(3)10(2)13(18-14)12-8-6-5-7-9-12/h5-9H,4H2,1-3H3. The topological polar surface area (TPSA) is 39.4 Å². The van der Waals surface area contributed by atoms with Crippen LogP contribution in [0.15, 0.2) is 34.7 Å². The molecule has 0 aliphatic carbocycles. The number of esters is 1. The van der Waals surface area contributed by atoms with Gasteiger partial charge in [-0.15, -0.1) is 0 Å². The summed E-state index contributed by atoms with van der Waals surface area (Å²) in [5.41, 5.74) is 2.78. The lowest BCUT2D eigenvalue weighted by Gasteiger charge is -1.99. The lowest BCUT2D eigenvalue weighted by atomic mass is 10.1. The van der Waals surface area contributed by atoms with Gasteiger partial charge in [0.15, 0.2) is 0 Å². The first kappa shape index (κ1) is 12.4. The third-order valence-corrected chi connectivity index (χ3v) is 2.94. The van der Waals surface area contributed by atoms with E-state index in [1.54, 1.807) is 6.92 Å². The highest BCUT2D eigenvalue weighted by Crippen LogP contribution is 2.30. The fourth-order valence-corrected chi connectivity index (χ4v) is 1.85. The molecule has 0 saturated heterocycles. The van der Waals surface area contributed by atoms with E-state index in [9.17, 15) is 4.79 Å². The average molecular weight is 244 g/mol. The van der Waals surface area contributed by atoms with Crippen molar-refractivity contribution in [3.05, 3.63) is 47.2 Å². The van der Waals surface area contributed by atoms with Gasteiger partial charge in [0.05, 0.1) is 6.61 Å². The SMILES string of the molecule is CCOC(=O)c1oc(-c2ccccc2)c(C)c1C. The van der Waals surface area contributed by atoms with E-state index < -0.39 is 5.97 Å². The summed E-state index contributed by atoms with van der Waals surface area (Å²) >= 11 is 0. The molecule has 18 heavy (non-hydrogen) atoms. The number of rotatable bonds is 3. The number of furan rings is 1. The second-order valence-corrected chi connectivity index (χ2v) is 4.10. The Balaban J connectivity index is 2.46. The van der Waals surface area contributed by atoms with Crippen LogP contribution in [0.1, 0.15) is 28.6 Å². The van der Waals surface area contributed by atoms with Gasteiger partial charge in [0.1, 0.15) is 5.76 Å². The lowest BCUT2D eigenvalue weighted by molar-refractivity contribution is 0.0490. The Morgan fingerprint density at radius 3 is 2.44 bits per heavy atom. The van der Waals surface area contributed by atoms with Crippen molar-refractivity contribution >= 4 is 5.97 Å². The van der Waals surface area contributed by atoms with Crippen LogP contribution >= 0.6 is 0 Å². The number of benzene rings is 1. The molecule has 1 aromatic carbocycles. The highest BCUT2D eigenvalue weighted by Gasteiger charge is 2.21. The summed E-state index contributed by atoms with van der Waals surface area (Å²) in [4.78, 5) is 11.7. The van der Waals surface area contributed by atoms with Gasteiger partial charge in [0, 0.05) is 11.1 Å². The van der Waals surface area contributed by atoms with E-state index in [1.807, 2.05) is 44.2 Å². The molecule has 3 heteroatoms. The average Bonchev–Trinajstić information content (AvgIpc) is 2.68. The molecule has 0 fully saturated rings. The first-order chi connectivity index (χ1) is 8.65. The van der Waals surface area contributed by atoms with Crippen LogP contribution in [0.5, 0.6) is 0 Å². The molecule has 1 heterocycles. The van der Waals surface area contributed by atoms with Crippen molar-refractivity contribution in [2.24, 2.45) is 0 Å². The molecule has 0 aliphatic heterocycles. The summed E-state index contributed by atoms with van der Waals surface area (Å²) in [5.74, 6) is 0.629. The summed E-state index contributed by atoms with van der Waals surface area (Å²) in [6.45, 7) is 5.95. The number of hydrogen-bond donors (Lipinski definition) is 0. The summed E-state index contributed by atoms with van der Waals surface area (Å²) in [6, 6.07) is 9.74. The maximum absolute atomic E-state index is 11.7. The van der Waals surface area contributed by atoms with Gasteiger partial charge in [-0.1, -0.05) is 30.3 Å². The van der Waals surface area contributed by atoms with Crippen molar-refractivity contribution in [2.45, 2.75) is 20.8 Å². The van der Waals surface area contributed by atoms with Gasteiger partial charge in [-0.25, -0.2) is 4.79 Å². The zero-order valence-corrected chi connectivity index (χ0v) is 10.8. The van der Waals surface area contributed by atoms with Crippen LogP contribution in [0.4, 0.5) is 0 Å². The maximum atomic E-state index is 11.7. The Hall–Kier alpha value is -2.03. The molecule has 0 aliphatic rings. The van der Waals surface area contributed by atoms with Crippen molar-refractivity contribution in [3.8, 4) is 11.3 Å². The van der Waals surface area contributed by atoms with Crippen LogP contribution in [0.25, 0.3) is 11.3 Å². The van der Waals surface area contributed by atoms with Crippen LogP contribution in [0, 0.1) is 13.8 Å². The van der Waals surface area contributed by atoms with Gasteiger partial charge in [0.2, 0.25) is 5.76 Å². The van der Waals surface area contributed by atoms with E-state index in [-0.39, 0.29) is 0 Å². The van der Waals surface area contributed by atoms with Crippen molar-refractivity contribution in [3.63, 3.8) is 0 Å².